The van der Waals surface area contributed by atoms with E-state index in [9.17, 15) is 4.79 Å². The Bertz CT molecular complexity index is 432. The lowest BCUT2D eigenvalue weighted by Crippen LogP contribution is -2.35. The van der Waals surface area contributed by atoms with Crippen LogP contribution in [0.15, 0.2) is 18.3 Å². The summed E-state index contributed by atoms with van der Waals surface area (Å²) in [5.74, 6) is 0.0363. The Morgan fingerprint density at radius 2 is 2.42 bits per heavy atom. The average Bonchev–Trinajstić information content (AvgIpc) is 2.85. The van der Waals surface area contributed by atoms with E-state index in [0.717, 1.165) is 37.3 Å². The Hall–Kier alpha value is -1.62. The zero-order valence-corrected chi connectivity index (χ0v) is 11.6. The monoisotopic (exact) mass is 262 g/mol. The highest BCUT2D eigenvalue weighted by atomic mass is 16.1. The third kappa shape index (κ3) is 3.44. The number of hydrogen-bond donors (Lipinski definition) is 2. The third-order valence-corrected chi connectivity index (χ3v) is 3.55. The largest absolute Gasteiger partial charge is 0.368 e. The van der Waals surface area contributed by atoms with Crippen LogP contribution < -0.4 is 16.0 Å². The van der Waals surface area contributed by atoms with Crippen LogP contribution >= 0.6 is 0 Å². The highest BCUT2D eigenvalue weighted by Crippen LogP contribution is 2.21. The molecular weight excluding hydrogens is 240 g/mol. The van der Waals surface area contributed by atoms with Crippen molar-refractivity contribution in [1.82, 2.24) is 10.3 Å². The van der Waals surface area contributed by atoms with Gasteiger partial charge in [0.15, 0.2) is 0 Å². The maximum Gasteiger partial charge on any atom is 0.217 e. The van der Waals surface area contributed by atoms with E-state index in [-0.39, 0.29) is 18.0 Å². The predicted octanol–water partition coefficient (Wildman–Crippen LogP) is 1.21. The van der Waals surface area contributed by atoms with Crippen LogP contribution in [0.4, 0.5) is 5.69 Å². The molecule has 2 unspecified atom stereocenters. The summed E-state index contributed by atoms with van der Waals surface area (Å²) in [7, 11) is 0. The number of rotatable bonds is 4. The first-order chi connectivity index (χ1) is 9.10. The average molecular weight is 262 g/mol. The highest BCUT2D eigenvalue weighted by Gasteiger charge is 2.23. The number of nitrogens with two attached hydrogens (primary N) is 1. The molecule has 1 saturated heterocycles. The molecule has 0 saturated carbocycles. The van der Waals surface area contributed by atoms with Crippen LogP contribution in [0.25, 0.3) is 0 Å². The van der Waals surface area contributed by atoms with Crippen molar-refractivity contribution < 1.29 is 4.79 Å². The molecule has 1 aliphatic heterocycles. The molecule has 0 aromatic carbocycles. The Balaban J connectivity index is 1.98. The molecule has 2 atom stereocenters. The summed E-state index contributed by atoms with van der Waals surface area (Å²) in [5.41, 5.74) is 7.98. The lowest BCUT2D eigenvalue weighted by Gasteiger charge is -2.19. The normalized spacial score (nSPS) is 20.4. The van der Waals surface area contributed by atoms with E-state index < -0.39 is 0 Å². The van der Waals surface area contributed by atoms with Gasteiger partial charge in [-0.05, 0) is 25.0 Å². The molecule has 1 aromatic heterocycles. The van der Waals surface area contributed by atoms with E-state index >= 15 is 0 Å². The van der Waals surface area contributed by atoms with Crippen molar-refractivity contribution in [2.75, 3.05) is 18.0 Å². The summed E-state index contributed by atoms with van der Waals surface area (Å²) in [6, 6.07) is 4.32. The van der Waals surface area contributed by atoms with Crippen LogP contribution in [0.3, 0.4) is 0 Å². The predicted molar refractivity (Wildman–Crippen MR) is 75.9 cm³/mol. The molecule has 1 fully saturated rings. The molecule has 2 heterocycles. The Morgan fingerprint density at radius 3 is 3.00 bits per heavy atom. The quantitative estimate of drug-likeness (QED) is 0.855. The Kier molecular flexibility index (Phi) is 4.37. The molecule has 104 valence electrons. The lowest BCUT2D eigenvalue weighted by molar-refractivity contribution is -0.119. The second kappa shape index (κ2) is 6.02. The number of aromatic nitrogens is 1. The van der Waals surface area contributed by atoms with Gasteiger partial charge in [0.25, 0.3) is 0 Å². The van der Waals surface area contributed by atoms with Gasteiger partial charge in [-0.25, -0.2) is 0 Å². The smallest absolute Gasteiger partial charge is 0.217 e. The molecule has 0 aliphatic carbocycles. The van der Waals surface area contributed by atoms with Gasteiger partial charge >= 0.3 is 0 Å². The fourth-order valence-corrected chi connectivity index (χ4v) is 2.41. The van der Waals surface area contributed by atoms with Crippen LogP contribution in [0, 0.1) is 0 Å². The maximum absolute atomic E-state index is 11.0. The Morgan fingerprint density at radius 1 is 1.63 bits per heavy atom. The van der Waals surface area contributed by atoms with Crippen molar-refractivity contribution in [3.8, 4) is 0 Å². The van der Waals surface area contributed by atoms with E-state index in [4.69, 9.17) is 5.73 Å². The van der Waals surface area contributed by atoms with Crippen molar-refractivity contribution in [1.29, 1.82) is 0 Å². The zero-order valence-electron chi connectivity index (χ0n) is 11.6. The van der Waals surface area contributed by atoms with E-state index in [1.165, 1.54) is 0 Å². The minimum absolute atomic E-state index is 0.0137. The number of carbonyl (C=O) groups is 1. The number of amides is 1. The van der Waals surface area contributed by atoms with Crippen molar-refractivity contribution in [2.45, 2.75) is 38.8 Å². The molecule has 3 N–H and O–H groups in total. The number of anilines is 1. The number of carbonyl (C=O) groups excluding carboxylic acids is 1. The molecule has 19 heavy (non-hydrogen) atoms. The van der Waals surface area contributed by atoms with Gasteiger partial charge in [-0.2, -0.15) is 0 Å². The molecule has 5 heteroatoms. The van der Waals surface area contributed by atoms with Crippen LogP contribution in [-0.4, -0.2) is 30.0 Å². The number of nitrogens with zero attached hydrogens (tertiary/aromatic N) is 2. The zero-order chi connectivity index (χ0) is 13.8. The van der Waals surface area contributed by atoms with Gasteiger partial charge < -0.3 is 16.0 Å². The highest BCUT2D eigenvalue weighted by molar-refractivity contribution is 5.73. The lowest BCUT2D eigenvalue weighted by atomic mass is 10.1. The molecule has 1 aliphatic rings. The SMILES string of the molecule is CCC(N)c1ccc(N2CCC(NC(C)=O)C2)cn1. The molecule has 0 spiro atoms. The minimum Gasteiger partial charge on any atom is -0.368 e. The van der Waals surface area contributed by atoms with Gasteiger partial charge in [0.05, 0.1) is 17.6 Å². The summed E-state index contributed by atoms with van der Waals surface area (Å²) < 4.78 is 0. The van der Waals surface area contributed by atoms with Crippen molar-refractivity contribution in [2.24, 2.45) is 5.73 Å². The third-order valence-electron chi connectivity index (χ3n) is 3.55. The van der Waals surface area contributed by atoms with Gasteiger partial charge in [0.2, 0.25) is 5.91 Å². The molecule has 2 rings (SSSR count). The van der Waals surface area contributed by atoms with Gasteiger partial charge in [-0.1, -0.05) is 6.92 Å². The first-order valence-electron chi connectivity index (χ1n) is 6.83. The van der Waals surface area contributed by atoms with Gasteiger partial charge in [0, 0.05) is 32.1 Å². The molecule has 0 radical (unpaired) electrons. The van der Waals surface area contributed by atoms with E-state index in [0.29, 0.717) is 0 Å². The standard InChI is InChI=1S/C14H22N4O/c1-3-13(15)14-5-4-12(8-16-14)18-7-6-11(9-18)17-10(2)19/h4-5,8,11,13H,3,6-7,9,15H2,1-2H3,(H,17,19). The fourth-order valence-electron chi connectivity index (χ4n) is 2.41. The topological polar surface area (TPSA) is 71.2 Å². The molecule has 1 amide bonds. The van der Waals surface area contributed by atoms with Crippen LogP contribution in [-0.2, 0) is 4.79 Å². The molecule has 1 aromatic rings. The van der Waals surface area contributed by atoms with E-state index in [1.807, 2.05) is 12.3 Å². The van der Waals surface area contributed by atoms with Gasteiger partial charge in [-0.3, -0.25) is 9.78 Å². The van der Waals surface area contributed by atoms with Crippen LogP contribution in [0.2, 0.25) is 0 Å². The van der Waals surface area contributed by atoms with Gasteiger partial charge in [0.1, 0.15) is 0 Å². The summed E-state index contributed by atoms with van der Waals surface area (Å²) in [5, 5.41) is 2.96. The van der Waals surface area contributed by atoms with Crippen molar-refractivity contribution in [3.05, 3.63) is 24.0 Å². The van der Waals surface area contributed by atoms with Crippen LogP contribution in [0.5, 0.6) is 0 Å². The van der Waals surface area contributed by atoms with Crippen LogP contribution in [0.1, 0.15) is 38.4 Å². The van der Waals surface area contributed by atoms with E-state index in [2.05, 4.69) is 28.2 Å². The second-order valence-electron chi connectivity index (χ2n) is 5.09. The van der Waals surface area contributed by atoms with E-state index in [1.54, 1.807) is 6.92 Å². The number of hydrogen-bond acceptors (Lipinski definition) is 4. The summed E-state index contributed by atoms with van der Waals surface area (Å²) >= 11 is 0. The first-order valence-corrected chi connectivity index (χ1v) is 6.83. The molecular formula is C14H22N4O. The number of nitrogens with one attached hydrogen (secondary N) is 1. The Labute approximate surface area is 114 Å². The van der Waals surface area contributed by atoms with Crippen molar-refractivity contribution >= 4 is 11.6 Å². The van der Waals surface area contributed by atoms with Crippen molar-refractivity contribution in [3.63, 3.8) is 0 Å². The molecule has 0 bridgehead atoms. The second-order valence-corrected chi connectivity index (χ2v) is 5.09. The summed E-state index contributed by atoms with van der Waals surface area (Å²) in [4.78, 5) is 17.7. The maximum atomic E-state index is 11.0. The van der Waals surface area contributed by atoms with Gasteiger partial charge in [-0.15, -0.1) is 0 Å². The summed E-state index contributed by atoms with van der Waals surface area (Å²) in [6.45, 7) is 5.41. The number of pyridine rings is 1. The molecule has 5 nitrogen and oxygen atoms in total. The minimum atomic E-state index is 0.0137. The first kappa shape index (κ1) is 13.8. The summed E-state index contributed by atoms with van der Waals surface area (Å²) in [6.07, 6.45) is 3.75. The fraction of sp³-hybridized carbons (Fsp3) is 0.571.